The summed E-state index contributed by atoms with van der Waals surface area (Å²) in [6.07, 6.45) is 0. The number of hydrogen-bond donors (Lipinski definition) is 0. The zero-order chi connectivity index (χ0) is 22.7. The highest BCUT2D eigenvalue weighted by Gasteiger charge is 2.46. The first-order valence-corrected chi connectivity index (χ1v) is 11.6. The molecule has 4 aromatic rings. The number of carbonyl (C=O) groups excluding carboxylic acids is 1. The molecule has 164 valence electrons. The van der Waals surface area contributed by atoms with Crippen LogP contribution in [0.25, 0.3) is 0 Å². The second-order valence-electron chi connectivity index (χ2n) is 7.61. The minimum Gasteiger partial charge on any atom is -0.465 e. The van der Waals surface area contributed by atoms with E-state index in [2.05, 4.69) is 12.1 Å². The number of esters is 1. The molecular weight excluding hydrogens is 432 g/mol. The van der Waals surface area contributed by atoms with Crippen molar-refractivity contribution in [2.45, 2.75) is 16.4 Å². The van der Waals surface area contributed by atoms with Gasteiger partial charge in [-0.15, -0.1) is 11.8 Å². The number of thioether (sulfide) groups is 1. The standard InChI is InChI=1S/C28H22O4S/c1-30-27(29)23-17-24-25(18-26(23)33-19-20-11-5-2-6-12-20)32-28(31-24,21-13-7-3-8-14-21)22-15-9-4-10-16-22/h2-18H,19H2,1H3. The molecule has 0 atom stereocenters. The molecule has 33 heavy (non-hydrogen) atoms. The quantitative estimate of drug-likeness (QED) is 0.248. The van der Waals surface area contributed by atoms with Crippen LogP contribution in [0.3, 0.4) is 0 Å². The van der Waals surface area contributed by atoms with Gasteiger partial charge in [0.2, 0.25) is 0 Å². The van der Waals surface area contributed by atoms with Crippen molar-refractivity contribution in [3.05, 3.63) is 125 Å². The van der Waals surface area contributed by atoms with Gasteiger partial charge < -0.3 is 14.2 Å². The maximum atomic E-state index is 12.6. The van der Waals surface area contributed by atoms with Gasteiger partial charge in [-0.25, -0.2) is 4.79 Å². The molecule has 5 heteroatoms. The summed E-state index contributed by atoms with van der Waals surface area (Å²) in [4.78, 5) is 13.4. The highest BCUT2D eigenvalue weighted by Crippen LogP contribution is 2.50. The van der Waals surface area contributed by atoms with Crippen molar-refractivity contribution in [3.8, 4) is 11.5 Å². The van der Waals surface area contributed by atoms with Crippen LogP contribution in [0, 0.1) is 0 Å². The van der Waals surface area contributed by atoms with Crippen LogP contribution >= 0.6 is 11.8 Å². The summed E-state index contributed by atoms with van der Waals surface area (Å²) < 4.78 is 18.1. The second kappa shape index (κ2) is 9.04. The summed E-state index contributed by atoms with van der Waals surface area (Å²) in [6.45, 7) is 0. The smallest absolute Gasteiger partial charge is 0.339 e. The van der Waals surface area contributed by atoms with E-state index in [4.69, 9.17) is 14.2 Å². The number of carbonyl (C=O) groups is 1. The Balaban J connectivity index is 1.56. The van der Waals surface area contributed by atoms with Crippen molar-refractivity contribution >= 4 is 17.7 Å². The maximum Gasteiger partial charge on any atom is 0.339 e. The minimum atomic E-state index is -1.14. The van der Waals surface area contributed by atoms with E-state index in [9.17, 15) is 4.79 Å². The van der Waals surface area contributed by atoms with Gasteiger partial charge >= 0.3 is 11.8 Å². The first-order valence-electron chi connectivity index (χ1n) is 10.6. The van der Waals surface area contributed by atoms with Gasteiger partial charge in [0, 0.05) is 21.8 Å². The fraction of sp³-hybridized carbons (Fsp3) is 0.107. The van der Waals surface area contributed by atoms with Crippen molar-refractivity contribution in [2.75, 3.05) is 7.11 Å². The van der Waals surface area contributed by atoms with Crippen molar-refractivity contribution in [1.82, 2.24) is 0 Å². The molecule has 0 N–H and O–H groups in total. The largest absolute Gasteiger partial charge is 0.465 e. The Kier molecular flexibility index (Phi) is 5.80. The Bertz CT molecular complexity index is 1220. The van der Waals surface area contributed by atoms with Gasteiger partial charge in [0.25, 0.3) is 0 Å². The molecule has 0 aliphatic carbocycles. The van der Waals surface area contributed by atoms with Crippen molar-refractivity contribution in [3.63, 3.8) is 0 Å². The van der Waals surface area contributed by atoms with Crippen LogP contribution in [0.2, 0.25) is 0 Å². The van der Waals surface area contributed by atoms with Crippen LogP contribution in [-0.4, -0.2) is 13.1 Å². The number of benzene rings is 4. The summed E-state index contributed by atoms with van der Waals surface area (Å²) >= 11 is 1.57. The summed E-state index contributed by atoms with van der Waals surface area (Å²) in [5.74, 6) is 0.264. The van der Waals surface area contributed by atoms with Gasteiger partial charge in [0.15, 0.2) is 11.5 Å². The lowest BCUT2D eigenvalue weighted by molar-refractivity contribution is -0.0459. The number of ether oxygens (including phenoxy) is 3. The van der Waals surface area contributed by atoms with E-state index >= 15 is 0 Å². The molecule has 4 aromatic carbocycles. The lowest BCUT2D eigenvalue weighted by Crippen LogP contribution is -2.36. The zero-order valence-corrected chi connectivity index (χ0v) is 18.9. The van der Waals surface area contributed by atoms with Crippen LogP contribution < -0.4 is 9.47 Å². The van der Waals surface area contributed by atoms with E-state index in [-0.39, 0.29) is 0 Å². The molecule has 0 fully saturated rings. The van der Waals surface area contributed by atoms with E-state index in [0.717, 1.165) is 16.0 Å². The fourth-order valence-corrected chi connectivity index (χ4v) is 4.88. The Morgan fingerprint density at radius 3 is 1.85 bits per heavy atom. The fourth-order valence-electron chi connectivity index (χ4n) is 3.87. The molecule has 0 saturated carbocycles. The Morgan fingerprint density at radius 2 is 1.30 bits per heavy atom. The highest BCUT2D eigenvalue weighted by molar-refractivity contribution is 7.98. The first-order chi connectivity index (χ1) is 16.2. The van der Waals surface area contributed by atoms with E-state index in [1.165, 1.54) is 12.7 Å². The van der Waals surface area contributed by atoms with Crippen LogP contribution in [0.1, 0.15) is 27.0 Å². The predicted molar refractivity (Wildman–Crippen MR) is 129 cm³/mol. The second-order valence-corrected chi connectivity index (χ2v) is 8.63. The molecule has 4 nitrogen and oxygen atoms in total. The molecular formula is C28H22O4S. The van der Waals surface area contributed by atoms with Crippen molar-refractivity contribution in [2.24, 2.45) is 0 Å². The van der Waals surface area contributed by atoms with Crippen LogP contribution in [-0.2, 0) is 16.3 Å². The zero-order valence-electron chi connectivity index (χ0n) is 18.1. The summed E-state index contributed by atoms with van der Waals surface area (Å²) in [6, 6.07) is 33.4. The van der Waals surface area contributed by atoms with E-state index in [1.54, 1.807) is 17.8 Å². The first kappa shape index (κ1) is 21.2. The molecule has 0 unspecified atom stereocenters. The van der Waals surface area contributed by atoms with Gasteiger partial charge in [-0.05, 0) is 17.7 Å². The van der Waals surface area contributed by atoms with Crippen molar-refractivity contribution < 1.29 is 19.0 Å². The molecule has 1 aliphatic rings. The Morgan fingerprint density at radius 1 is 0.788 bits per heavy atom. The van der Waals surface area contributed by atoms with E-state index in [1.807, 2.05) is 84.9 Å². The monoisotopic (exact) mass is 454 g/mol. The number of methoxy groups -OCH3 is 1. The van der Waals surface area contributed by atoms with E-state index in [0.29, 0.717) is 22.8 Å². The molecule has 0 amide bonds. The average Bonchev–Trinajstić information content (AvgIpc) is 3.28. The van der Waals surface area contributed by atoms with Gasteiger partial charge in [-0.3, -0.25) is 0 Å². The third-order valence-electron chi connectivity index (χ3n) is 5.50. The van der Waals surface area contributed by atoms with Gasteiger partial charge in [0.05, 0.1) is 12.7 Å². The Hall–Kier alpha value is -3.70. The summed E-state index contributed by atoms with van der Waals surface area (Å²) in [5.41, 5.74) is 3.35. The molecule has 1 aliphatic heterocycles. The lowest BCUT2D eigenvalue weighted by atomic mass is 9.97. The highest BCUT2D eigenvalue weighted by atomic mass is 32.2. The Labute approximate surface area is 197 Å². The SMILES string of the molecule is COC(=O)c1cc2c(cc1SCc1ccccc1)OC(c1ccccc1)(c1ccccc1)O2. The normalized spacial score (nSPS) is 13.5. The average molecular weight is 455 g/mol. The topological polar surface area (TPSA) is 44.8 Å². The third-order valence-corrected chi connectivity index (χ3v) is 6.63. The molecule has 5 rings (SSSR count). The minimum absolute atomic E-state index is 0.408. The van der Waals surface area contributed by atoms with Gasteiger partial charge in [-0.1, -0.05) is 91.0 Å². The molecule has 0 bridgehead atoms. The molecule has 0 saturated heterocycles. The van der Waals surface area contributed by atoms with Crippen LogP contribution in [0.4, 0.5) is 0 Å². The van der Waals surface area contributed by atoms with E-state index < -0.39 is 11.8 Å². The molecule has 0 aromatic heterocycles. The van der Waals surface area contributed by atoms with Crippen LogP contribution in [0.5, 0.6) is 11.5 Å². The maximum absolute atomic E-state index is 12.6. The predicted octanol–water partition coefficient (Wildman–Crippen LogP) is 6.44. The number of fused-ring (bicyclic) bond motifs is 1. The van der Waals surface area contributed by atoms with Gasteiger partial charge in [-0.2, -0.15) is 0 Å². The summed E-state index contributed by atoms with van der Waals surface area (Å²) in [7, 11) is 1.39. The number of hydrogen-bond acceptors (Lipinski definition) is 5. The molecule has 1 heterocycles. The lowest BCUT2D eigenvalue weighted by Gasteiger charge is -2.28. The van der Waals surface area contributed by atoms with Gasteiger partial charge in [0.1, 0.15) is 0 Å². The molecule has 0 radical (unpaired) electrons. The van der Waals surface area contributed by atoms with Crippen molar-refractivity contribution in [1.29, 1.82) is 0 Å². The summed E-state index contributed by atoms with van der Waals surface area (Å²) in [5, 5.41) is 0. The number of rotatable bonds is 6. The third kappa shape index (κ3) is 4.08. The molecule has 0 spiro atoms. The van der Waals surface area contributed by atoms with Crippen LogP contribution in [0.15, 0.2) is 108 Å².